The third-order valence-corrected chi connectivity index (χ3v) is 3.40. The zero-order valence-corrected chi connectivity index (χ0v) is 11.2. The summed E-state index contributed by atoms with van der Waals surface area (Å²) >= 11 is 5.89. The average Bonchev–Trinajstić information content (AvgIpc) is 2.82. The number of hydrogen-bond donors (Lipinski definition) is 1. The van der Waals surface area contributed by atoms with Crippen molar-refractivity contribution in [3.05, 3.63) is 59.3 Å². The normalized spacial score (nSPS) is 10.8. The van der Waals surface area contributed by atoms with Crippen molar-refractivity contribution >= 4 is 28.5 Å². The molecular formula is C16H11ClO3. The quantitative estimate of drug-likeness (QED) is 0.777. The summed E-state index contributed by atoms with van der Waals surface area (Å²) in [7, 11) is 0. The van der Waals surface area contributed by atoms with Crippen molar-refractivity contribution in [3.63, 3.8) is 0 Å². The molecule has 0 unspecified atom stereocenters. The van der Waals surface area contributed by atoms with Gasteiger partial charge in [-0.25, -0.2) is 0 Å². The Labute approximate surface area is 120 Å². The number of halogens is 1. The van der Waals surface area contributed by atoms with Crippen LogP contribution >= 0.6 is 11.6 Å². The van der Waals surface area contributed by atoms with Crippen LogP contribution in [0.3, 0.4) is 0 Å². The predicted molar refractivity (Wildman–Crippen MR) is 78.0 cm³/mol. The van der Waals surface area contributed by atoms with Gasteiger partial charge in [-0.1, -0.05) is 29.8 Å². The van der Waals surface area contributed by atoms with E-state index >= 15 is 0 Å². The van der Waals surface area contributed by atoms with E-state index in [1.54, 1.807) is 18.4 Å². The van der Waals surface area contributed by atoms with Crippen molar-refractivity contribution in [1.82, 2.24) is 0 Å². The summed E-state index contributed by atoms with van der Waals surface area (Å²) in [6.07, 6.45) is 1.68. The highest BCUT2D eigenvalue weighted by molar-refractivity contribution is 6.30. The number of furan rings is 1. The van der Waals surface area contributed by atoms with E-state index in [-0.39, 0.29) is 6.42 Å². The highest BCUT2D eigenvalue weighted by Crippen LogP contribution is 2.32. The van der Waals surface area contributed by atoms with Gasteiger partial charge >= 0.3 is 5.97 Å². The van der Waals surface area contributed by atoms with Crippen LogP contribution in [-0.4, -0.2) is 11.1 Å². The molecule has 3 rings (SSSR count). The molecule has 0 atom stereocenters. The van der Waals surface area contributed by atoms with Crippen LogP contribution in [0.25, 0.3) is 22.1 Å². The second-order valence-corrected chi connectivity index (χ2v) is 4.99. The number of carboxylic acid groups (broad SMARTS) is 1. The summed E-state index contributed by atoms with van der Waals surface area (Å²) in [6, 6.07) is 12.9. The van der Waals surface area contributed by atoms with E-state index in [1.807, 2.05) is 30.3 Å². The highest BCUT2D eigenvalue weighted by Gasteiger charge is 2.10. The largest absolute Gasteiger partial charge is 0.481 e. The Morgan fingerprint density at radius 3 is 2.60 bits per heavy atom. The molecule has 1 heterocycles. The van der Waals surface area contributed by atoms with Crippen molar-refractivity contribution in [1.29, 1.82) is 0 Å². The van der Waals surface area contributed by atoms with Gasteiger partial charge in [-0.3, -0.25) is 4.79 Å². The van der Waals surface area contributed by atoms with Gasteiger partial charge < -0.3 is 9.52 Å². The van der Waals surface area contributed by atoms with Gasteiger partial charge in [0.15, 0.2) is 0 Å². The van der Waals surface area contributed by atoms with Crippen molar-refractivity contribution in [2.45, 2.75) is 6.42 Å². The third-order valence-electron chi connectivity index (χ3n) is 3.15. The molecule has 0 amide bonds. The molecular weight excluding hydrogens is 276 g/mol. The molecule has 2 aromatic carbocycles. The lowest BCUT2D eigenvalue weighted by molar-refractivity contribution is -0.136. The number of carboxylic acids is 1. The van der Waals surface area contributed by atoms with Gasteiger partial charge in [-0.15, -0.1) is 0 Å². The number of aliphatic carboxylic acids is 1. The number of rotatable bonds is 3. The van der Waals surface area contributed by atoms with Crippen LogP contribution in [0.15, 0.2) is 53.1 Å². The second kappa shape index (κ2) is 5.02. The first-order chi connectivity index (χ1) is 9.63. The Hall–Kier alpha value is -2.26. The molecule has 20 heavy (non-hydrogen) atoms. The molecule has 0 radical (unpaired) electrons. The molecule has 0 aliphatic heterocycles. The summed E-state index contributed by atoms with van der Waals surface area (Å²) in [5.74, 6) is -0.846. The van der Waals surface area contributed by atoms with Crippen LogP contribution in [-0.2, 0) is 11.2 Å². The molecule has 1 N–H and O–H groups in total. The van der Waals surface area contributed by atoms with Crippen LogP contribution in [0, 0.1) is 0 Å². The molecule has 3 aromatic rings. The van der Waals surface area contributed by atoms with Crippen molar-refractivity contribution in [3.8, 4) is 11.1 Å². The first-order valence-corrected chi connectivity index (χ1v) is 6.49. The summed E-state index contributed by atoms with van der Waals surface area (Å²) in [4.78, 5) is 10.8. The highest BCUT2D eigenvalue weighted by atomic mass is 35.5. The number of carbonyl (C=O) groups is 1. The van der Waals surface area contributed by atoms with E-state index in [1.165, 1.54) is 0 Å². The first-order valence-electron chi connectivity index (χ1n) is 6.11. The Bertz CT molecular complexity index is 772. The third kappa shape index (κ3) is 2.40. The van der Waals surface area contributed by atoms with E-state index in [9.17, 15) is 4.79 Å². The topological polar surface area (TPSA) is 50.4 Å². The predicted octanol–water partition coefficient (Wildman–Crippen LogP) is 4.38. The fourth-order valence-electron chi connectivity index (χ4n) is 2.21. The van der Waals surface area contributed by atoms with E-state index in [4.69, 9.17) is 21.1 Å². The van der Waals surface area contributed by atoms with Gasteiger partial charge in [0.25, 0.3) is 0 Å². The smallest absolute Gasteiger partial charge is 0.307 e. The maximum absolute atomic E-state index is 10.8. The van der Waals surface area contributed by atoms with E-state index in [0.29, 0.717) is 5.02 Å². The van der Waals surface area contributed by atoms with Crippen LogP contribution < -0.4 is 0 Å². The summed E-state index contributed by atoms with van der Waals surface area (Å²) in [5, 5.41) is 10.5. The van der Waals surface area contributed by atoms with E-state index < -0.39 is 5.97 Å². The van der Waals surface area contributed by atoms with Crippen LogP contribution in [0.5, 0.6) is 0 Å². The lowest BCUT2D eigenvalue weighted by atomic mass is 10.0. The molecule has 4 heteroatoms. The van der Waals surface area contributed by atoms with Gasteiger partial charge in [0.1, 0.15) is 5.58 Å². The zero-order valence-electron chi connectivity index (χ0n) is 10.5. The van der Waals surface area contributed by atoms with Crippen LogP contribution in [0.4, 0.5) is 0 Å². The average molecular weight is 287 g/mol. The minimum absolute atomic E-state index is 0.00117. The van der Waals surface area contributed by atoms with Gasteiger partial charge in [0.05, 0.1) is 12.7 Å². The Balaban J connectivity index is 2.11. The van der Waals surface area contributed by atoms with Crippen molar-refractivity contribution in [2.24, 2.45) is 0 Å². The van der Waals surface area contributed by atoms with Crippen molar-refractivity contribution in [2.75, 3.05) is 0 Å². The Morgan fingerprint density at radius 1 is 1.15 bits per heavy atom. The van der Waals surface area contributed by atoms with E-state index in [0.717, 1.165) is 27.7 Å². The maximum atomic E-state index is 10.8. The number of hydrogen-bond acceptors (Lipinski definition) is 2. The fraction of sp³-hybridized carbons (Fsp3) is 0.0625. The summed E-state index contributed by atoms with van der Waals surface area (Å²) in [5.41, 5.74) is 3.41. The van der Waals surface area contributed by atoms with E-state index in [2.05, 4.69) is 0 Å². The maximum Gasteiger partial charge on any atom is 0.307 e. The minimum atomic E-state index is -0.846. The minimum Gasteiger partial charge on any atom is -0.481 e. The zero-order chi connectivity index (χ0) is 14.1. The van der Waals surface area contributed by atoms with Gasteiger partial charge in [0.2, 0.25) is 0 Å². The molecule has 3 nitrogen and oxygen atoms in total. The molecule has 0 spiro atoms. The second-order valence-electron chi connectivity index (χ2n) is 4.56. The Kier molecular flexibility index (Phi) is 3.20. The molecule has 100 valence electrons. The van der Waals surface area contributed by atoms with Gasteiger partial charge in [-0.2, -0.15) is 0 Å². The number of benzene rings is 2. The summed E-state index contributed by atoms with van der Waals surface area (Å²) in [6.45, 7) is 0. The first kappa shape index (κ1) is 12.8. The molecule has 0 aliphatic rings. The monoisotopic (exact) mass is 286 g/mol. The summed E-state index contributed by atoms with van der Waals surface area (Å²) < 4.78 is 5.51. The lowest BCUT2D eigenvalue weighted by Crippen LogP contribution is -1.99. The molecule has 0 fully saturated rings. The molecule has 1 aromatic heterocycles. The van der Waals surface area contributed by atoms with Gasteiger partial charge in [-0.05, 0) is 35.4 Å². The van der Waals surface area contributed by atoms with Crippen LogP contribution in [0.1, 0.15) is 5.56 Å². The molecule has 0 bridgehead atoms. The molecule has 0 aliphatic carbocycles. The number of fused-ring (bicyclic) bond motifs is 1. The van der Waals surface area contributed by atoms with Gasteiger partial charge in [0, 0.05) is 16.0 Å². The lowest BCUT2D eigenvalue weighted by Gasteiger charge is -2.01. The fourth-order valence-corrected chi connectivity index (χ4v) is 2.34. The molecule has 0 saturated heterocycles. The SMILES string of the molecule is O=C(O)Cc1ccc2occ(-c3ccc(Cl)cc3)c2c1. The Morgan fingerprint density at radius 2 is 1.90 bits per heavy atom. The van der Waals surface area contributed by atoms with Crippen LogP contribution in [0.2, 0.25) is 5.02 Å². The van der Waals surface area contributed by atoms with Crippen molar-refractivity contribution < 1.29 is 14.3 Å². The standard InChI is InChI=1S/C16H11ClO3/c17-12-4-2-11(3-5-12)14-9-20-15-6-1-10(7-13(14)15)8-16(18)19/h1-7,9H,8H2,(H,18,19). The molecule has 0 saturated carbocycles.